The number of anilines is 2. The number of hydrogen-bond acceptors (Lipinski definition) is 9. The van der Waals surface area contributed by atoms with Gasteiger partial charge in [-0.1, -0.05) is 13.8 Å². The molecule has 1 atom stereocenters. The molecule has 0 spiro atoms. The molecular weight excluding hydrogens is 494 g/mol. The standard InChI is InChI=1S/C26H30F2N8O2/c1-16(2)17-7-25(34-30-9-17)33-24-5-4-22-23(32-24)6-18(8-29-22)19-10-31-36(11-19)15-20(37-3)12-35-13-21(14-35)38-26(27)28/h4-11,16,20-21,26H,12-15H2,1-3H3,(H,32,33,34). The normalized spacial score (nSPS) is 15.3. The fraction of sp³-hybridized carbons (Fsp3) is 0.423. The number of alkyl halides is 2. The number of fused-ring (bicyclic) bond motifs is 1. The molecule has 5 heterocycles. The minimum absolute atomic E-state index is 0.141. The number of aromatic nitrogens is 6. The van der Waals surface area contributed by atoms with Gasteiger partial charge in [-0.25, -0.2) is 4.98 Å². The van der Waals surface area contributed by atoms with Gasteiger partial charge in [-0.05, 0) is 35.7 Å². The highest BCUT2D eigenvalue weighted by atomic mass is 19.3. The first-order valence-corrected chi connectivity index (χ1v) is 12.4. The van der Waals surface area contributed by atoms with Gasteiger partial charge in [0.25, 0.3) is 0 Å². The van der Waals surface area contributed by atoms with Crippen LogP contribution in [0.2, 0.25) is 0 Å². The average molecular weight is 525 g/mol. The van der Waals surface area contributed by atoms with E-state index in [1.54, 1.807) is 25.7 Å². The van der Waals surface area contributed by atoms with Gasteiger partial charge in [0.1, 0.15) is 5.82 Å². The SMILES string of the molecule is COC(CN1CC(OC(F)F)C1)Cn1cc(-c2cnc3ccc(Nc4cc(C(C)C)cnn4)nc3c2)cn1. The van der Waals surface area contributed by atoms with Crippen molar-refractivity contribution in [3.05, 3.63) is 54.6 Å². The fourth-order valence-electron chi connectivity index (χ4n) is 4.34. The zero-order valence-corrected chi connectivity index (χ0v) is 21.5. The quantitative estimate of drug-likeness (QED) is 0.311. The summed E-state index contributed by atoms with van der Waals surface area (Å²) in [6, 6.07) is 7.72. The van der Waals surface area contributed by atoms with Crippen LogP contribution in [0.15, 0.2) is 49.1 Å². The zero-order chi connectivity index (χ0) is 26.6. The van der Waals surface area contributed by atoms with Crippen molar-refractivity contribution in [3.8, 4) is 11.1 Å². The van der Waals surface area contributed by atoms with Crippen LogP contribution in [0.4, 0.5) is 20.4 Å². The van der Waals surface area contributed by atoms with Crippen molar-refractivity contribution in [2.24, 2.45) is 0 Å². The largest absolute Gasteiger partial charge is 0.378 e. The van der Waals surface area contributed by atoms with Crippen molar-refractivity contribution in [1.82, 2.24) is 34.8 Å². The van der Waals surface area contributed by atoms with E-state index in [0.717, 1.165) is 27.7 Å². The third-order valence-corrected chi connectivity index (χ3v) is 6.51. The predicted molar refractivity (Wildman–Crippen MR) is 138 cm³/mol. The van der Waals surface area contributed by atoms with Crippen LogP contribution in [0.5, 0.6) is 0 Å². The summed E-state index contributed by atoms with van der Waals surface area (Å²) >= 11 is 0. The number of hydrogen-bond donors (Lipinski definition) is 1. The molecule has 0 saturated carbocycles. The molecule has 1 N–H and O–H groups in total. The Kier molecular flexibility index (Phi) is 7.82. The Hall–Kier alpha value is -3.61. The Balaban J connectivity index is 1.25. The van der Waals surface area contributed by atoms with E-state index >= 15 is 0 Å². The number of nitrogens with one attached hydrogen (secondary N) is 1. The number of nitrogens with zero attached hydrogens (tertiary/aromatic N) is 7. The Morgan fingerprint density at radius 2 is 1.87 bits per heavy atom. The van der Waals surface area contributed by atoms with Gasteiger partial charge in [0.2, 0.25) is 0 Å². The molecule has 0 radical (unpaired) electrons. The molecule has 38 heavy (non-hydrogen) atoms. The first-order chi connectivity index (χ1) is 18.4. The summed E-state index contributed by atoms with van der Waals surface area (Å²) in [5, 5.41) is 15.9. The molecule has 12 heteroatoms. The second kappa shape index (κ2) is 11.4. The first-order valence-electron chi connectivity index (χ1n) is 12.4. The van der Waals surface area contributed by atoms with Crippen LogP contribution in [0.1, 0.15) is 25.3 Å². The van der Waals surface area contributed by atoms with Crippen LogP contribution in [0.3, 0.4) is 0 Å². The predicted octanol–water partition coefficient (Wildman–Crippen LogP) is 4.09. The van der Waals surface area contributed by atoms with Gasteiger partial charge in [0.05, 0.1) is 42.2 Å². The summed E-state index contributed by atoms with van der Waals surface area (Å²) in [5.41, 5.74) is 4.39. The number of rotatable bonds is 11. The van der Waals surface area contributed by atoms with Gasteiger partial charge in [-0.15, -0.1) is 5.10 Å². The van der Waals surface area contributed by atoms with Crippen LogP contribution in [-0.4, -0.2) is 80.4 Å². The molecule has 1 unspecified atom stereocenters. The second-order valence-corrected chi connectivity index (χ2v) is 9.66. The second-order valence-electron chi connectivity index (χ2n) is 9.66. The molecule has 0 aliphatic carbocycles. The highest BCUT2D eigenvalue weighted by Gasteiger charge is 2.31. The van der Waals surface area contributed by atoms with Crippen LogP contribution < -0.4 is 5.32 Å². The lowest BCUT2D eigenvalue weighted by atomic mass is 10.1. The molecule has 0 amide bonds. The van der Waals surface area contributed by atoms with Crippen molar-refractivity contribution < 1.29 is 18.3 Å². The number of pyridine rings is 2. The monoisotopic (exact) mass is 524 g/mol. The third-order valence-electron chi connectivity index (χ3n) is 6.51. The van der Waals surface area contributed by atoms with Crippen molar-refractivity contribution >= 4 is 22.7 Å². The molecule has 1 aliphatic heterocycles. The maximum Gasteiger partial charge on any atom is 0.345 e. The summed E-state index contributed by atoms with van der Waals surface area (Å²) in [5.74, 6) is 1.63. The third kappa shape index (κ3) is 6.26. The molecule has 200 valence electrons. The average Bonchev–Trinajstić information content (AvgIpc) is 3.35. The first kappa shape index (κ1) is 26.0. The highest BCUT2D eigenvalue weighted by Crippen LogP contribution is 2.24. The summed E-state index contributed by atoms with van der Waals surface area (Å²) < 4.78 is 36.6. The van der Waals surface area contributed by atoms with E-state index in [2.05, 4.69) is 44.2 Å². The maximum atomic E-state index is 12.3. The van der Waals surface area contributed by atoms with Gasteiger partial charge in [-0.2, -0.15) is 19.0 Å². The zero-order valence-electron chi connectivity index (χ0n) is 21.5. The van der Waals surface area contributed by atoms with Gasteiger partial charge in [0.15, 0.2) is 5.82 Å². The summed E-state index contributed by atoms with van der Waals surface area (Å²) in [7, 11) is 1.64. The molecule has 0 bridgehead atoms. The highest BCUT2D eigenvalue weighted by molar-refractivity contribution is 5.81. The van der Waals surface area contributed by atoms with Gasteiger partial charge < -0.3 is 14.8 Å². The number of ether oxygens (including phenoxy) is 2. The molecule has 1 aliphatic rings. The van der Waals surface area contributed by atoms with E-state index in [9.17, 15) is 8.78 Å². The molecular formula is C26H30F2N8O2. The Morgan fingerprint density at radius 3 is 2.63 bits per heavy atom. The Morgan fingerprint density at radius 1 is 1.03 bits per heavy atom. The van der Waals surface area contributed by atoms with Gasteiger partial charge in [0, 0.05) is 50.3 Å². The van der Waals surface area contributed by atoms with E-state index in [4.69, 9.17) is 9.72 Å². The molecule has 4 aromatic rings. The van der Waals surface area contributed by atoms with Crippen molar-refractivity contribution in [1.29, 1.82) is 0 Å². The minimum Gasteiger partial charge on any atom is -0.378 e. The Labute approximate surface area is 219 Å². The summed E-state index contributed by atoms with van der Waals surface area (Å²) in [6.45, 7) is 3.55. The lowest BCUT2D eigenvalue weighted by Crippen LogP contribution is -2.55. The Bertz CT molecular complexity index is 1380. The van der Waals surface area contributed by atoms with Crippen LogP contribution in [-0.2, 0) is 16.0 Å². The molecule has 4 aromatic heterocycles. The molecule has 0 aromatic carbocycles. The molecule has 5 rings (SSSR count). The smallest absolute Gasteiger partial charge is 0.345 e. The number of methoxy groups -OCH3 is 1. The van der Waals surface area contributed by atoms with Crippen molar-refractivity contribution in [3.63, 3.8) is 0 Å². The van der Waals surface area contributed by atoms with E-state index in [-0.39, 0.29) is 6.10 Å². The minimum atomic E-state index is -2.73. The number of likely N-dealkylation sites (tertiary alicyclic amines) is 1. The molecule has 1 fully saturated rings. The topological polar surface area (TPSA) is 103 Å². The van der Waals surface area contributed by atoms with E-state index in [0.29, 0.717) is 43.7 Å². The van der Waals surface area contributed by atoms with E-state index in [1.807, 2.05) is 40.0 Å². The fourth-order valence-corrected chi connectivity index (χ4v) is 4.34. The van der Waals surface area contributed by atoms with Gasteiger partial charge in [-0.3, -0.25) is 14.6 Å². The van der Waals surface area contributed by atoms with E-state index in [1.165, 1.54) is 0 Å². The van der Waals surface area contributed by atoms with Crippen molar-refractivity contribution in [2.45, 2.75) is 45.1 Å². The lowest BCUT2D eigenvalue weighted by Gasteiger charge is -2.40. The summed E-state index contributed by atoms with van der Waals surface area (Å²) in [4.78, 5) is 11.3. The lowest BCUT2D eigenvalue weighted by molar-refractivity contribution is -0.198. The van der Waals surface area contributed by atoms with Gasteiger partial charge >= 0.3 is 6.61 Å². The number of halogens is 2. The molecule has 10 nitrogen and oxygen atoms in total. The van der Waals surface area contributed by atoms with Crippen LogP contribution in [0, 0.1) is 0 Å². The molecule has 1 saturated heterocycles. The van der Waals surface area contributed by atoms with Crippen LogP contribution >= 0.6 is 0 Å². The van der Waals surface area contributed by atoms with Crippen LogP contribution in [0.25, 0.3) is 22.2 Å². The maximum absolute atomic E-state index is 12.3. The van der Waals surface area contributed by atoms with E-state index < -0.39 is 12.7 Å². The van der Waals surface area contributed by atoms with Crippen molar-refractivity contribution in [2.75, 3.05) is 32.1 Å². The summed E-state index contributed by atoms with van der Waals surface area (Å²) in [6.07, 6.45) is 6.71.